The predicted molar refractivity (Wildman–Crippen MR) is 71.6 cm³/mol. The number of aromatic carboxylic acids is 1. The van der Waals surface area contributed by atoms with Gasteiger partial charge in [-0.3, -0.25) is 4.79 Å². The zero-order valence-corrected chi connectivity index (χ0v) is 11.1. The number of aldehydes is 1. The molecule has 0 amide bonds. The Morgan fingerprint density at radius 3 is 3.00 bits per heavy atom. The first-order chi connectivity index (χ1) is 10.2. The third-order valence-corrected chi connectivity index (χ3v) is 3.42. The number of nitrogens with zero attached hydrogens (tertiary/aromatic N) is 3. The van der Waals surface area contributed by atoms with Gasteiger partial charge < -0.3 is 9.84 Å². The third kappa shape index (κ3) is 2.43. The maximum Gasteiger partial charge on any atom is 0.335 e. The largest absolute Gasteiger partial charge is 0.478 e. The molecule has 0 spiro atoms. The fraction of sp³-hybridized carbons (Fsp3) is 0.286. The molecule has 1 aromatic carbocycles. The number of aromatic nitrogens is 3. The van der Waals surface area contributed by atoms with Crippen LogP contribution in [0.2, 0.25) is 0 Å². The summed E-state index contributed by atoms with van der Waals surface area (Å²) in [5.41, 5.74) is 1.49. The summed E-state index contributed by atoms with van der Waals surface area (Å²) in [5, 5.41) is 16.9. The van der Waals surface area contributed by atoms with Gasteiger partial charge in [-0.15, -0.1) is 5.10 Å². The first-order valence-corrected chi connectivity index (χ1v) is 6.57. The van der Waals surface area contributed by atoms with E-state index in [4.69, 9.17) is 9.84 Å². The lowest BCUT2D eigenvalue weighted by Crippen LogP contribution is -2.09. The van der Waals surface area contributed by atoms with Crippen molar-refractivity contribution >= 4 is 12.3 Å². The lowest BCUT2D eigenvalue weighted by atomic mass is 10.1. The van der Waals surface area contributed by atoms with Crippen LogP contribution in [-0.2, 0) is 4.74 Å². The van der Waals surface area contributed by atoms with Gasteiger partial charge in [0.05, 0.1) is 11.3 Å². The van der Waals surface area contributed by atoms with Crippen molar-refractivity contribution in [1.82, 2.24) is 15.0 Å². The molecule has 0 radical (unpaired) electrons. The average molecular weight is 287 g/mol. The number of rotatable bonds is 4. The van der Waals surface area contributed by atoms with Crippen molar-refractivity contribution in [3.63, 3.8) is 0 Å². The van der Waals surface area contributed by atoms with Gasteiger partial charge in [0, 0.05) is 6.61 Å². The molecular weight excluding hydrogens is 274 g/mol. The van der Waals surface area contributed by atoms with E-state index in [1.807, 2.05) is 0 Å². The Balaban J connectivity index is 2.09. The number of hydrogen-bond acceptors (Lipinski definition) is 5. The molecule has 1 N–H and O–H groups in total. The molecule has 7 nitrogen and oxygen atoms in total. The highest BCUT2D eigenvalue weighted by molar-refractivity contribution is 5.88. The van der Waals surface area contributed by atoms with Crippen molar-refractivity contribution in [2.45, 2.75) is 18.9 Å². The van der Waals surface area contributed by atoms with Crippen LogP contribution in [0.5, 0.6) is 0 Å². The smallest absolute Gasteiger partial charge is 0.335 e. The van der Waals surface area contributed by atoms with Crippen LogP contribution >= 0.6 is 0 Å². The molecule has 7 heteroatoms. The number of carbonyl (C=O) groups is 2. The van der Waals surface area contributed by atoms with Gasteiger partial charge in [-0.25, -0.2) is 9.48 Å². The van der Waals surface area contributed by atoms with E-state index >= 15 is 0 Å². The summed E-state index contributed by atoms with van der Waals surface area (Å²) in [4.78, 5) is 22.2. The summed E-state index contributed by atoms with van der Waals surface area (Å²) in [6, 6.07) is 6.33. The number of carboxylic acid groups (broad SMARTS) is 1. The van der Waals surface area contributed by atoms with Gasteiger partial charge in [0.15, 0.2) is 12.0 Å². The SMILES string of the molecule is O=Cc1nnn(-c2cccc(C(=O)O)c2)c1C1CCCO1. The predicted octanol–water partition coefficient (Wildman–Crippen LogP) is 1.63. The fourth-order valence-corrected chi connectivity index (χ4v) is 2.44. The van der Waals surface area contributed by atoms with E-state index in [0.717, 1.165) is 12.8 Å². The van der Waals surface area contributed by atoms with E-state index in [1.54, 1.807) is 12.1 Å². The minimum atomic E-state index is -1.02. The van der Waals surface area contributed by atoms with E-state index < -0.39 is 5.97 Å². The Kier molecular flexibility index (Phi) is 3.49. The molecule has 1 atom stereocenters. The molecule has 0 bridgehead atoms. The second kappa shape index (κ2) is 5.45. The first-order valence-electron chi connectivity index (χ1n) is 6.57. The van der Waals surface area contributed by atoms with E-state index in [-0.39, 0.29) is 17.4 Å². The molecule has 108 valence electrons. The van der Waals surface area contributed by atoms with Gasteiger partial charge in [-0.1, -0.05) is 11.3 Å². The molecule has 21 heavy (non-hydrogen) atoms. The fourth-order valence-electron chi connectivity index (χ4n) is 2.44. The number of benzene rings is 1. The van der Waals surface area contributed by atoms with Crippen molar-refractivity contribution in [2.24, 2.45) is 0 Å². The first kappa shape index (κ1) is 13.4. The minimum Gasteiger partial charge on any atom is -0.478 e. The Bertz CT molecular complexity index is 689. The summed E-state index contributed by atoms with van der Waals surface area (Å²) >= 11 is 0. The van der Waals surface area contributed by atoms with Crippen molar-refractivity contribution in [2.75, 3.05) is 6.61 Å². The highest BCUT2D eigenvalue weighted by Crippen LogP contribution is 2.31. The van der Waals surface area contributed by atoms with Gasteiger partial charge in [-0.05, 0) is 31.0 Å². The molecule has 0 saturated carbocycles. The summed E-state index contributed by atoms with van der Waals surface area (Å²) in [5.74, 6) is -1.02. The van der Waals surface area contributed by atoms with Crippen LogP contribution < -0.4 is 0 Å². The lowest BCUT2D eigenvalue weighted by Gasteiger charge is -2.12. The number of hydrogen-bond donors (Lipinski definition) is 1. The van der Waals surface area contributed by atoms with Crippen molar-refractivity contribution in [3.8, 4) is 5.69 Å². The molecule has 1 fully saturated rings. The molecule has 0 aliphatic carbocycles. The molecule has 1 saturated heterocycles. The molecule has 1 aromatic heterocycles. The van der Waals surface area contributed by atoms with Gasteiger partial charge in [-0.2, -0.15) is 0 Å². The average Bonchev–Trinajstić information content (AvgIpc) is 3.15. The molecule has 1 aliphatic heterocycles. The summed E-state index contributed by atoms with van der Waals surface area (Å²) in [7, 11) is 0. The van der Waals surface area contributed by atoms with Gasteiger partial charge in [0.25, 0.3) is 0 Å². The summed E-state index contributed by atoms with van der Waals surface area (Å²) in [6.07, 6.45) is 2.09. The highest BCUT2D eigenvalue weighted by atomic mass is 16.5. The van der Waals surface area contributed by atoms with E-state index in [2.05, 4.69) is 10.3 Å². The zero-order chi connectivity index (χ0) is 14.8. The summed E-state index contributed by atoms with van der Waals surface area (Å²) in [6.45, 7) is 0.628. The quantitative estimate of drug-likeness (QED) is 0.859. The van der Waals surface area contributed by atoms with Crippen LogP contribution in [0.25, 0.3) is 5.69 Å². The lowest BCUT2D eigenvalue weighted by molar-refractivity contribution is 0.0696. The minimum absolute atomic E-state index is 0.147. The molecule has 1 aliphatic rings. The highest BCUT2D eigenvalue weighted by Gasteiger charge is 2.27. The maximum absolute atomic E-state index is 11.1. The van der Waals surface area contributed by atoms with Crippen LogP contribution in [-0.4, -0.2) is 39.0 Å². The number of carbonyl (C=O) groups excluding carboxylic acids is 1. The third-order valence-electron chi connectivity index (χ3n) is 3.42. The van der Waals surface area contributed by atoms with Crippen LogP contribution in [0.1, 0.15) is 45.5 Å². The maximum atomic E-state index is 11.1. The second-order valence-electron chi connectivity index (χ2n) is 4.75. The van der Waals surface area contributed by atoms with Crippen LogP contribution in [0.3, 0.4) is 0 Å². The standard InChI is InChI=1S/C14H13N3O4/c18-8-11-13(12-5-2-6-21-12)17(16-15-11)10-4-1-3-9(7-10)14(19)20/h1,3-4,7-8,12H,2,5-6H2,(H,19,20). The van der Waals surface area contributed by atoms with Gasteiger partial charge in [0.1, 0.15) is 11.8 Å². The van der Waals surface area contributed by atoms with Crippen LogP contribution in [0, 0.1) is 0 Å². The van der Waals surface area contributed by atoms with Crippen molar-refractivity contribution < 1.29 is 19.4 Å². The Hall–Kier alpha value is -2.54. The molecule has 2 aromatic rings. The second-order valence-corrected chi connectivity index (χ2v) is 4.75. The molecule has 2 heterocycles. The van der Waals surface area contributed by atoms with Crippen molar-refractivity contribution in [1.29, 1.82) is 0 Å². The van der Waals surface area contributed by atoms with Crippen LogP contribution in [0.15, 0.2) is 24.3 Å². The van der Waals surface area contributed by atoms with Crippen LogP contribution in [0.4, 0.5) is 0 Å². The normalized spacial score (nSPS) is 17.8. The Labute approximate surface area is 120 Å². The monoisotopic (exact) mass is 287 g/mol. The van der Waals surface area contributed by atoms with Gasteiger partial charge in [0.2, 0.25) is 0 Å². The number of carboxylic acids is 1. The molecular formula is C14H13N3O4. The Morgan fingerprint density at radius 2 is 2.33 bits per heavy atom. The molecule has 3 rings (SSSR count). The molecule has 1 unspecified atom stereocenters. The van der Waals surface area contributed by atoms with Crippen molar-refractivity contribution in [3.05, 3.63) is 41.2 Å². The topological polar surface area (TPSA) is 94.3 Å². The van der Waals surface area contributed by atoms with Gasteiger partial charge >= 0.3 is 5.97 Å². The zero-order valence-electron chi connectivity index (χ0n) is 11.1. The Morgan fingerprint density at radius 1 is 1.48 bits per heavy atom. The van der Waals surface area contributed by atoms with E-state index in [9.17, 15) is 9.59 Å². The van der Waals surface area contributed by atoms with E-state index in [1.165, 1.54) is 16.8 Å². The summed E-state index contributed by atoms with van der Waals surface area (Å²) < 4.78 is 7.08. The van der Waals surface area contributed by atoms with E-state index in [0.29, 0.717) is 24.3 Å². The number of ether oxygens (including phenoxy) is 1.